The van der Waals surface area contributed by atoms with E-state index in [-0.39, 0.29) is 6.42 Å². The zero-order chi connectivity index (χ0) is 22.1. The van der Waals surface area contributed by atoms with Gasteiger partial charge in [0.05, 0.1) is 0 Å². The van der Waals surface area contributed by atoms with Gasteiger partial charge in [-0.25, -0.2) is 13.6 Å². The summed E-state index contributed by atoms with van der Waals surface area (Å²) >= 11 is -0.587. The summed E-state index contributed by atoms with van der Waals surface area (Å²) in [5.74, 6) is -0.615. The monoisotopic (exact) mass is 469 g/mol. The molecule has 0 bridgehead atoms. The number of hydrogen-bond acceptors (Lipinski definition) is 5. The van der Waals surface area contributed by atoms with Gasteiger partial charge in [-0.1, -0.05) is 42.5 Å². The van der Waals surface area contributed by atoms with Gasteiger partial charge in [0.1, 0.15) is 0 Å². The predicted octanol–water partition coefficient (Wildman–Crippen LogP) is 4.22. The molecule has 0 saturated heterocycles. The molecule has 0 radical (unpaired) electrons. The third-order valence-electron chi connectivity index (χ3n) is 5.04. The van der Waals surface area contributed by atoms with E-state index in [0.29, 0.717) is 15.4 Å². The molecule has 3 aromatic carbocycles. The second-order valence-electron chi connectivity index (χ2n) is 7.00. The fraction of sp³-hybridized carbons (Fsp3) is 0.0870. The summed E-state index contributed by atoms with van der Waals surface area (Å²) < 4.78 is 35.7. The first-order chi connectivity index (χ1) is 14.8. The van der Waals surface area contributed by atoms with E-state index in [1.54, 1.807) is 35.7 Å². The van der Waals surface area contributed by atoms with Gasteiger partial charge < -0.3 is 4.55 Å². The summed E-state index contributed by atoms with van der Waals surface area (Å²) in [6, 6.07) is 20.5. The van der Waals surface area contributed by atoms with E-state index in [0.717, 1.165) is 22.5 Å². The van der Waals surface area contributed by atoms with E-state index in [1.165, 1.54) is 12.2 Å². The topological polar surface area (TPSA) is 100 Å². The van der Waals surface area contributed by atoms with Crippen molar-refractivity contribution < 1.29 is 17.8 Å². The Kier molecular flexibility index (Phi) is 6.09. The van der Waals surface area contributed by atoms with Crippen LogP contribution in [0.5, 0.6) is 0 Å². The first kappa shape index (κ1) is 21.9. The van der Waals surface area contributed by atoms with Gasteiger partial charge in [-0.15, -0.1) is 11.8 Å². The van der Waals surface area contributed by atoms with Gasteiger partial charge in [0.25, 0.3) is 0 Å². The number of thioether (sulfide) groups is 1. The fourth-order valence-corrected chi connectivity index (χ4v) is 6.78. The number of benzene rings is 3. The highest BCUT2D eigenvalue weighted by atomic mass is 32.3. The molecule has 31 heavy (non-hydrogen) atoms. The average Bonchev–Trinajstić information content (AvgIpc) is 3.28. The molecule has 0 aliphatic carbocycles. The maximum absolute atomic E-state index is 13.3. The molecule has 2 unspecified atom stereocenters. The van der Waals surface area contributed by atoms with Crippen LogP contribution in [0.4, 0.5) is 0 Å². The summed E-state index contributed by atoms with van der Waals surface area (Å²) in [6.45, 7) is 0. The minimum atomic E-state index is -4.12. The lowest BCUT2D eigenvalue weighted by molar-refractivity contribution is -0.114. The molecule has 0 amide bonds. The number of primary sulfonamides is 1. The van der Waals surface area contributed by atoms with Crippen LogP contribution in [0.1, 0.15) is 12.0 Å². The Labute approximate surface area is 188 Å². The van der Waals surface area contributed by atoms with Crippen molar-refractivity contribution in [2.24, 2.45) is 5.14 Å². The van der Waals surface area contributed by atoms with Crippen molar-refractivity contribution in [3.8, 4) is 0 Å². The Bertz CT molecular complexity index is 1310. The smallest absolute Gasteiger partial charge is 0.232 e. The molecule has 0 spiro atoms. The van der Waals surface area contributed by atoms with Crippen LogP contribution in [0.3, 0.4) is 0 Å². The van der Waals surface area contributed by atoms with Gasteiger partial charge >= 0.3 is 0 Å². The molecular formula is C23H19NO4S3. The molecule has 1 heterocycles. The number of carbonyl (C=O) groups is 1. The third kappa shape index (κ3) is 4.22. The normalized spacial score (nSPS) is 19.8. The van der Waals surface area contributed by atoms with Crippen molar-refractivity contribution in [1.82, 2.24) is 0 Å². The van der Waals surface area contributed by atoms with Crippen LogP contribution in [0.25, 0.3) is 16.8 Å². The SMILES string of the molecule is NS(=O)(=O)C1(C(=O)/C=C/c2ccccc2[S+]([O-])c2ccc3ccccc3c2)CC=CS1. The molecular weight excluding hydrogens is 450 g/mol. The lowest BCUT2D eigenvalue weighted by atomic mass is 10.1. The molecule has 1 aliphatic heterocycles. The first-order valence-corrected chi connectivity index (χ1v) is 13.0. The Morgan fingerprint density at radius 2 is 1.77 bits per heavy atom. The molecule has 5 nitrogen and oxygen atoms in total. The van der Waals surface area contributed by atoms with Gasteiger partial charge in [-0.3, -0.25) is 4.79 Å². The lowest BCUT2D eigenvalue weighted by Gasteiger charge is -2.22. The number of carbonyl (C=O) groups excluding carboxylic acids is 1. The quantitative estimate of drug-likeness (QED) is 0.430. The van der Waals surface area contributed by atoms with Crippen molar-refractivity contribution >= 4 is 55.6 Å². The zero-order valence-corrected chi connectivity index (χ0v) is 18.8. The number of fused-ring (bicyclic) bond motifs is 1. The van der Waals surface area contributed by atoms with E-state index in [9.17, 15) is 17.8 Å². The molecule has 0 saturated carbocycles. The van der Waals surface area contributed by atoms with Crippen molar-refractivity contribution in [3.05, 3.63) is 89.9 Å². The maximum atomic E-state index is 13.3. The zero-order valence-electron chi connectivity index (χ0n) is 16.3. The third-order valence-corrected chi connectivity index (χ3v) is 9.85. The number of sulfonamides is 1. The Morgan fingerprint density at radius 1 is 1.06 bits per heavy atom. The van der Waals surface area contributed by atoms with Crippen LogP contribution in [0.15, 0.2) is 94.1 Å². The van der Waals surface area contributed by atoms with Gasteiger partial charge in [-0.2, -0.15) is 0 Å². The Morgan fingerprint density at radius 3 is 2.48 bits per heavy atom. The molecule has 2 N–H and O–H groups in total. The van der Waals surface area contributed by atoms with Crippen LogP contribution in [0, 0.1) is 0 Å². The number of ketones is 1. The highest BCUT2D eigenvalue weighted by molar-refractivity contribution is 8.17. The summed E-state index contributed by atoms with van der Waals surface area (Å²) in [4.78, 5) is 14.0. The van der Waals surface area contributed by atoms with Gasteiger partial charge in [0.15, 0.2) is 15.6 Å². The second kappa shape index (κ2) is 8.64. The summed E-state index contributed by atoms with van der Waals surface area (Å²) in [6.07, 6.45) is 4.34. The summed E-state index contributed by atoms with van der Waals surface area (Å²) in [7, 11) is -4.12. The van der Waals surface area contributed by atoms with E-state index >= 15 is 0 Å². The molecule has 3 aromatic rings. The predicted molar refractivity (Wildman–Crippen MR) is 126 cm³/mol. The molecule has 1 aliphatic rings. The van der Waals surface area contributed by atoms with Gasteiger partial charge in [0, 0.05) is 29.2 Å². The largest absolute Gasteiger partial charge is 0.606 e. The highest BCUT2D eigenvalue weighted by Crippen LogP contribution is 2.41. The molecule has 0 aromatic heterocycles. The van der Waals surface area contributed by atoms with E-state index in [4.69, 9.17) is 5.14 Å². The molecule has 8 heteroatoms. The Hall–Kier alpha value is -2.36. The minimum Gasteiger partial charge on any atom is -0.606 e. The fourth-order valence-electron chi connectivity index (χ4n) is 3.38. The number of rotatable bonds is 6. The standard InChI is InChI=1S/C23H19NO4S3/c24-31(27,28)23(14-5-15-29-23)22(25)13-11-18-7-3-4-9-21(18)30(26)20-12-10-17-6-1-2-8-19(17)16-20/h1-13,15-16H,14H2,(H2,24,27,28)/b13-11+. The van der Waals surface area contributed by atoms with Crippen molar-refractivity contribution in [2.75, 3.05) is 0 Å². The second-order valence-corrected chi connectivity index (χ2v) is 11.7. The van der Waals surface area contributed by atoms with Gasteiger partial charge in [-0.05, 0) is 52.6 Å². The van der Waals surface area contributed by atoms with Crippen LogP contribution < -0.4 is 5.14 Å². The lowest BCUT2D eigenvalue weighted by Crippen LogP contribution is -2.44. The number of allylic oxidation sites excluding steroid dienone is 2. The average molecular weight is 470 g/mol. The number of hydrogen-bond donors (Lipinski definition) is 1. The van der Waals surface area contributed by atoms with Crippen molar-refractivity contribution in [2.45, 2.75) is 20.3 Å². The molecule has 2 atom stereocenters. The van der Waals surface area contributed by atoms with E-state index in [2.05, 4.69) is 0 Å². The minimum absolute atomic E-state index is 0.0182. The molecule has 0 fully saturated rings. The van der Waals surface area contributed by atoms with Crippen LogP contribution in [-0.2, 0) is 26.0 Å². The van der Waals surface area contributed by atoms with Crippen molar-refractivity contribution in [3.63, 3.8) is 0 Å². The van der Waals surface area contributed by atoms with E-state index < -0.39 is 31.1 Å². The summed E-state index contributed by atoms with van der Waals surface area (Å²) in [5.41, 5.74) is 0.572. The van der Waals surface area contributed by atoms with Crippen molar-refractivity contribution in [1.29, 1.82) is 0 Å². The first-order valence-electron chi connectivity index (χ1n) is 9.39. The highest BCUT2D eigenvalue weighted by Gasteiger charge is 2.49. The van der Waals surface area contributed by atoms with E-state index in [1.807, 2.05) is 42.5 Å². The Balaban J connectivity index is 1.66. The molecule has 4 rings (SSSR count). The molecule has 158 valence electrons. The van der Waals surface area contributed by atoms with Crippen LogP contribution in [0.2, 0.25) is 0 Å². The summed E-state index contributed by atoms with van der Waals surface area (Å²) in [5, 5.41) is 8.96. The van der Waals surface area contributed by atoms with Gasteiger partial charge in [0.2, 0.25) is 14.1 Å². The maximum Gasteiger partial charge on any atom is 0.232 e. The van der Waals surface area contributed by atoms with Crippen LogP contribution >= 0.6 is 11.8 Å². The van der Waals surface area contributed by atoms with Crippen LogP contribution in [-0.4, -0.2) is 22.8 Å². The number of nitrogens with two attached hydrogens (primary N) is 1.